The number of hydrogen-bond acceptors (Lipinski definition) is 3. The Morgan fingerprint density at radius 1 is 1.36 bits per heavy atom. The molecule has 0 unspecified atom stereocenters. The molecule has 0 aliphatic carbocycles. The van der Waals surface area contributed by atoms with Gasteiger partial charge < -0.3 is 16.2 Å². The van der Waals surface area contributed by atoms with E-state index in [9.17, 15) is 0 Å². The lowest BCUT2D eigenvalue weighted by Crippen LogP contribution is -1.95. The van der Waals surface area contributed by atoms with Crippen molar-refractivity contribution >= 4 is 27.3 Å². The van der Waals surface area contributed by atoms with Crippen LogP contribution in [0.2, 0.25) is 0 Å². The van der Waals surface area contributed by atoms with Gasteiger partial charge in [-0.3, -0.25) is 0 Å². The summed E-state index contributed by atoms with van der Waals surface area (Å²) in [5.41, 5.74) is 12.4. The van der Waals surface area contributed by atoms with E-state index in [2.05, 4.69) is 15.9 Å². The van der Waals surface area contributed by atoms with E-state index in [1.165, 1.54) is 0 Å². The molecule has 4 N–H and O–H groups in total. The summed E-state index contributed by atoms with van der Waals surface area (Å²) < 4.78 is 5.73. The quantitative estimate of drug-likeness (QED) is 0.702. The monoisotopic (exact) mass is 216 g/mol. The number of benzene rings is 1. The van der Waals surface area contributed by atoms with Crippen molar-refractivity contribution in [2.24, 2.45) is 0 Å². The van der Waals surface area contributed by atoms with Crippen molar-refractivity contribution in [3.8, 4) is 5.75 Å². The SMILES string of the molecule is COc1cc(N)cc(Br)c1N. The summed E-state index contributed by atoms with van der Waals surface area (Å²) >= 11 is 3.25. The van der Waals surface area contributed by atoms with Gasteiger partial charge in [0, 0.05) is 16.2 Å². The lowest BCUT2D eigenvalue weighted by atomic mass is 10.2. The predicted molar refractivity (Wildman–Crippen MR) is 49.5 cm³/mol. The summed E-state index contributed by atoms with van der Waals surface area (Å²) in [6, 6.07) is 3.41. The molecule has 0 fully saturated rings. The normalized spacial score (nSPS) is 9.64. The van der Waals surface area contributed by atoms with Crippen LogP contribution < -0.4 is 16.2 Å². The molecule has 11 heavy (non-hydrogen) atoms. The van der Waals surface area contributed by atoms with E-state index < -0.39 is 0 Å². The molecule has 1 aromatic rings. The van der Waals surface area contributed by atoms with Crippen molar-refractivity contribution < 1.29 is 4.74 Å². The highest BCUT2D eigenvalue weighted by Crippen LogP contribution is 2.31. The maximum atomic E-state index is 5.63. The molecule has 1 aromatic carbocycles. The number of ether oxygens (including phenoxy) is 1. The number of methoxy groups -OCH3 is 1. The zero-order valence-corrected chi connectivity index (χ0v) is 7.68. The van der Waals surface area contributed by atoms with Gasteiger partial charge in [0.25, 0.3) is 0 Å². The minimum absolute atomic E-state index is 0.571. The van der Waals surface area contributed by atoms with E-state index in [0.29, 0.717) is 17.1 Å². The fourth-order valence-electron chi connectivity index (χ4n) is 0.781. The molecule has 60 valence electrons. The number of rotatable bonds is 1. The van der Waals surface area contributed by atoms with Gasteiger partial charge in [-0.25, -0.2) is 0 Å². The number of hydrogen-bond donors (Lipinski definition) is 2. The number of anilines is 2. The fraction of sp³-hybridized carbons (Fsp3) is 0.143. The number of halogens is 1. The first-order valence-corrected chi connectivity index (χ1v) is 3.83. The van der Waals surface area contributed by atoms with Gasteiger partial charge in [0.05, 0.1) is 12.8 Å². The second-order valence-electron chi connectivity index (χ2n) is 2.12. The van der Waals surface area contributed by atoms with Gasteiger partial charge >= 0.3 is 0 Å². The van der Waals surface area contributed by atoms with Crippen LogP contribution in [0.4, 0.5) is 11.4 Å². The Morgan fingerprint density at radius 3 is 2.55 bits per heavy atom. The zero-order chi connectivity index (χ0) is 8.43. The van der Waals surface area contributed by atoms with Gasteiger partial charge in [-0.1, -0.05) is 0 Å². The van der Waals surface area contributed by atoms with Crippen LogP contribution in [0.15, 0.2) is 16.6 Å². The van der Waals surface area contributed by atoms with Gasteiger partial charge in [-0.15, -0.1) is 0 Å². The van der Waals surface area contributed by atoms with Gasteiger partial charge in [0.2, 0.25) is 0 Å². The minimum atomic E-state index is 0.571. The number of nitrogen functional groups attached to an aromatic ring is 2. The van der Waals surface area contributed by atoms with Crippen LogP contribution in [0.1, 0.15) is 0 Å². The molecule has 0 radical (unpaired) electrons. The van der Waals surface area contributed by atoms with Crippen molar-refractivity contribution in [1.82, 2.24) is 0 Å². The fourth-order valence-corrected chi connectivity index (χ4v) is 1.24. The van der Waals surface area contributed by atoms with E-state index in [1.807, 2.05) is 0 Å². The summed E-state index contributed by atoms with van der Waals surface area (Å²) in [4.78, 5) is 0. The Hall–Kier alpha value is -0.900. The third kappa shape index (κ3) is 1.57. The van der Waals surface area contributed by atoms with Crippen molar-refractivity contribution in [1.29, 1.82) is 0 Å². The van der Waals surface area contributed by atoms with Crippen LogP contribution >= 0.6 is 15.9 Å². The smallest absolute Gasteiger partial charge is 0.144 e. The maximum absolute atomic E-state index is 5.63. The van der Waals surface area contributed by atoms with E-state index >= 15 is 0 Å². The summed E-state index contributed by atoms with van der Waals surface area (Å²) in [6.07, 6.45) is 0. The van der Waals surface area contributed by atoms with Crippen molar-refractivity contribution in [3.05, 3.63) is 16.6 Å². The second-order valence-corrected chi connectivity index (χ2v) is 2.97. The number of nitrogens with two attached hydrogens (primary N) is 2. The highest BCUT2D eigenvalue weighted by atomic mass is 79.9. The molecule has 0 spiro atoms. The van der Waals surface area contributed by atoms with Gasteiger partial charge in [-0.2, -0.15) is 0 Å². The predicted octanol–water partition coefficient (Wildman–Crippen LogP) is 1.62. The Balaban J connectivity index is 3.24. The molecule has 4 heteroatoms. The summed E-state index contributed by atoms with van der Waals surface area (Å²) in [7, 11) is 1.55. The van der Waals surface area contributed by atoms with E-state index in [1.54, 1.807) is 19.2 Å². The van der Waals surface area contributed by atoms with Crippen LogP contribution in [0.3, 0.4) is 0 Å². The molecule has 0 bridgehead atoms. The molecule has 0 amide bonds. The zero-order valence-electron chi connectivity index (χ0n) is 6.10. The molecule has 0 heterocycles. The lowest BCUT2D eigenvalue weighted by molar-refractivity contribution is 0.417. The van der Waals surface area contributed by atoms with E-state index in [-0.39, 0.29) is 0 Å². The molecule has 0 aliphatic heterocycles. The first-order chi connectivity index (χ1) is 5.15. The molecule has 0 aromatic heterocycles. The summed E-state index contributed by atoms with van der Waals surface area (Å²) in [5.74, 6) is 0.594. The van der Waals surface area contributed by atoms with E-state index in [0.717, 1.165) is 4.47 Å². The standard InChI is InChI=1S/C7H9BrN2O/c1-11-6-3-4(9)2-5(8)7(6)10/h2-3H,9-10H2,1H3. The highest BCUT2D eigenvalue weighted by Gasteiger charge is 2.03. The van der Waals surface area contributed by atoms with Crippen LogP contribution in [0.5, 0.6) is 5.75 Å². The first kappa shape index (κ1) is 8.20. The average molecular weight is 217 g/mol. The average Bonchev–Trinajstić information content (AvgIpc) is 1.96. The van der Waals surface area contributed by atoms with Crippen molar-refractivity contribution in [2.75, 3.05) is 18.6 Å². The van der Waals surface area contributed by atoms with Gasteiger partial charge in [-0.05, 0) is 22.0 Å². The van der Waals surface area contributed by atoms with Crippen molar-refractivity contribution in [3.63, 3.8) is 0 Å². The van der Waals surface area contributed by atoms with Crippen LogP contribution in [-0.2, 0) is 0 Å². The Labute approximate surface area is 73.5 Å². The van der Waals surface area contributed by atoms with Gasteiger partial charge in [0.15, 0.2) is 0 Å². The molecular formula is C7H9BrN2O. The van der Waals surface area contributed by atoms with Crippen LogP contribution in [0.25, 0.3) is 0 Å². The summed E-state index contributed by atoms with van der Waals surface area (Å²) in [5, 5.41) is 0. The highest BCUT2D eigenvalue weighted by molar-refractivity contribution is 9.10. The van der Waals surface area contributed by atoms with Gasteiger partial charge in [0.1, 0.15) is 5.75 Å². The van der Waals surface area contributed by atoms with Crippen molar-refractivity contribution in [2.45, 2.75) is 0 Å². The first-order valence-electron chi connectivity index (χ1n) is 3.03. The second kappa shape index (κ2) is 3.00. The van der Waals surface area contributed by atoms with E-state index in [4.69, 9.17) is 16.2 Å². The molecular weight excluding hydrogens is 208 g/mol. The molecule has 0 saturated heterocycles. The molecule has 1 rings (SSSR count). The van der Waals surface area contributed by atoms with Crippen LogP contribution in [0, 0.1) is 0 Å². The molecule has 0 aliphatic rings. The topological polar surface area (TPSA) is 61.3 Å². The minimum Gasteiger partial charge on any atom is -0.494 e. The third-order valence-corrected chi connectivity index (χ3v) is 1.99. The molecule has 0 atom stereocenters. The largest absolute Gasteiger partial charge is 0.494 e. The summed E-state index contributed by atoms with van der Waals surface area (Å²) in [6.45, 7) is 0. The third-order valence-electron chi connectivity index (χ3n) is 1.33. The lowest BCUT2D eigenvalue weighted by Gasteiger charge is -2.06. The Kier molecular flexibility index (Phi) is 2.24. The molecule has 0 saturated carbocycles. The van der Waals surface area contributed by atoms with Crippen LogP contribution in [-0.4, -0.2) is 7.11 Å². The molecule has 3 nitrogen and oxygen atoms in total. The Bertz CT molecular complexity index is 275. The Morgan fingerprint density at radius 2 is 2.00 bits per heavy atom. The maximum Gasteiger partial charge on any atom is 0.144 e.